The molecule has 1 rings (SSSR count). The van der Waals surface area contributed by atoms with E-state index >= 15 is 0 Å². The molecule has 0 aliphatic heterocycles. The Hall–Kier alpha value is -1.92. The molecule has 0 aliphatic rings. The largest absolute Gasteiger partial charge is 0.374 e. The minimum Gasteiger partial charge on any atom is -0.358 e. The van der Waals surface area contributed by atoms with Gasteiger partial charge in [0.05, 0.1) is 0 Å². The third kappa shape index (κ3) is 2.12. The molecule has 15 heavy (non-hydrogen) atoms. The van der Waals surface area contributed by atoms with Crippen LogP contribution in [0.25, 0.3) is 0 Å². The molecular formula is C8H6F2N2O3. The maximum atomic E-state index is 12.3. The van der Waals surface area contributed by atoms with Crippen LogP contribution >= 0.6 is 0 Å². The number of hydrogen-bond donors (Lipinski definition) is 0. The second kappa shape index (κ2) is 4.07. The Morgan fingerprint density at radius 1 is 1.60 bits per heavy atom. The zero-order valence-corrected chi connectivity index (χ0v) is 7.61. The summed E-state index contributed by atoms with van der Waals surface area (Å²) < 4.78 is 24.7. The highest BCUT2D eigenvalue weighted by molar-refractivity contribution is 5.80. The van der Waals surface area contributed by atoms with Crippen molar-refractivity contribution in [1.29, 1.82) is 0 Å². The molecule has 1 aromatic rings. The monoisotopic (exact) mass is 216 g/mol. The first-order valence-electron chi connectivity index (χ1n) is 3.86. The summed E-state index contributed by atoms with van der Waals surface area (Å²) in [7, 11) is 0. The minimum atomic E-state index is -2.90. The molecule has 0 unspecified atom stereocenters. The van der Waals surface area contributed by atoms with Crippen LogP contribution in [0.1, 0.15) is 28.0 Å². The van der Waals surface area contributed by atoms with Gasteiger partial charge in [-0.15, -0.1) is 0 Å². The fourth-order valence-electron chi connectivity index (χ4n) is 1.09. The fourth-order valence-corrected chi connectivity index (χ4v) is 1.09. The second-order valence-corrected chi connectivity index (χ2v) is 2.78. The van der Waals surface area contributed by atoms with Gasteiger partial charge in [0, 0.05) is 5.56 Å². The molecule has 0 amide bonds. The zero-order valence-electron chi connectivity index (χ0n) is 7.61. The number of rotatable bonds is 3. The van der Waals surface area contributed by atoms with Gasteiger partial charge in [0.2, 0.25) is 5.69 Å². The van der Waals surface area contributed by atoms with E-state index in [1.807, 2.05) is 0 Å². The van der Waals surface area contributed by atoms with Crippen LogP contribution in [0.5, 0.6) is 0 Å². The number of carbonyl (C=O) groups excluding carboxylic acids is 1. The summed E-state index contributed by atoms with van der Waals surface area (Å²) in [6.45, 7) is 1.31. The van der Waals surface area contributed by atoms with Crippen LogP contribution in [0.4, 0.5) is 14.6 Å². The number of aryl methyl sites for hydroxylation is 1. The summed E-state index contributed by atoms with van der Waals surface area (Å²) in [6, 6.07) is 1.03. The van der Waals surface area contributed by atoms with Crippen molar-refractivity contribution < 1.29 is 18.5 Å². The Morgan fingerprint density at radius 3 is 2.60 bits per heavy atom. The zero-order chi connectivity index (χ0) is 11.6. The molecule has 0 spiro atoms. The first-order chi connectivity index (χ1) is 6.97. The summed E-state index contributed by atoms with van der Waals surface area (Å²) in [6.07, 6.45) is -2.68. The number of alkyl halides is 2. The maximum Gasteiger partial charge on any atom is 0.374 e. The molecule has 0 aromatic carbocycles. The van der Waals surface area contributed by atoms with Crippen LogP contribution in [0.15, 0.2) is 6.07 Å². The van der Waals surface area contributed by atoms with Gasteiger partial charge in [-0.3, -0.25) is 4.79 Å². The summed E-state index contributed by atoms with van der Waals surface area (Å²) in [5.74, 6) is -0.842. The number of aldehydes is 1. The first-order valence-corrected chi connectivity index (χ1v) is 3.86. The van der Waals surface area contributed by atoms with Gasteiger partial charge in [-0.1, -0.05) is 0 Å². The first kappa shape index (κ1) is 11.2. The van der Waals surface area contributed by atoms with Gasteiger partial charge in [-0.2, -0.15) is 0 Å². The molecule has 0 aliphatic carbocycles. The Morgan fingerprint density at radius 2 is 2.20 bits per heavy atom. The Bertz CT molecular complexity index is 421. The number of aromatic nitrogens is 1. The van der Waals surface area contributed by atoms with Gasteiger partial charge in [0.1, 0.15) is 5.56 Å². The predicted molar refractivity (Wildman–Crippen MR) is 46.0 cm³/mol. The van der Waals surface area contributed by atoms with Crippen molar-refractivity contribution in [1.82, 2.24) is 4.98 Å². The average molecular weight is 216 g/mol. The Labute approximate surface area is 82.9 Å². The Kier molecular flexibility index (Phi) is 3.03. The summed E-state index contributed by atoms with van der Waals surface area (Å²) in [5.41, 5.74) is -0.924. The van der Waals surface area contributed by atoms with Crippen molar-refractivity contribution in [2.24, 2.45) is 0 Å². The SMILES string of the molecule is Cc1cc(C=O)c([N+](=O)[O-])nc1C(F)F. The molecule has 0 saturated carbocycles. The lowest BCUT2D eigenvalue weighted by Crippen LogP contribution is -2.03. The third-order valence-electron chi connectivity index (χ3n) is 1.77. The van der Waals surface area contributed by atoms with Gasteiger partial charge in [-0.05, 0) is 22.9 Å². The molecule has 80 valence electrons. The van der Waals surface area contributed by atoms with Crippen LogP contribution in [-0.4, -0.2) is 16.2 Å². The standard InChI is InChI=1S/C8H6F2N2O3/c1-4-2-5(3-13)8(12(14)15)11-6(4)7(9)10/h2-3,7H,1H3. The van der Waals surface area contributed by atoms with Crippen LogP contribution in [-0.2, 0) is 0 Å². The van der Waals surface area contributed by atoms with Gasteiger partial charge in [-0.25, -0.2) is 8.78 Å². The van der Waals surface area contributed by atoms with E-state index in [2.05, 4.69) is 4.98 Å². The second-order valence-electron chi connectivity index (χ2n) is 2.78. The molecule has 0 radical (unpaired) electrons. The Balaban J connectivity index is 3.43. The highest BCUT2D eigenvalue weighted by Gasteiger charge is 2.25. The normalized spacial score (nSPS) is 10.4. The molecule has 1 heterocycles. The highest BCUT2D eigenvalue weighted by Crippen LogP contribution is 2.25. The summed E-state index contributed by atoms with van der Waals surface area (Å²) in [4.78, 5) is 23.0. The smallest absolute Gasteiger partial charge is 0.358 e. The van der Waals surface area contributed by atoms with Crippen LogP contribution < -0.4 is 0 Å². The molecule has 0 saturated heterocycles. The van der Waals surface area contributed by atoms with Crippen molar-refractivity contribution >= 4 is 12.1 Å². The van der Waals surface area contributed by atoms with E-state index in [1.54, 1.807) is 0 Å². The van der Waals surface area contributed by atoms with Crippen LogP contribution in [0, 0.1) is 17.0 Å². The number of pyridine rings is 1. The van der Waals surface area contributed by atoms with Crippen molar-refractivity contribution in [3.05, 3.63) is 33.0 Å². The van der Waals surface area contributed by atoms with E-state index < -0.39 is 22.9 Å². The number of nitro groups is 1. The lowest BCUT2D eigenvalue weighted by molar-refractivity contribution is -0.389. The fraction of sp³-hybridized carbons (Fsp3) is 0.250. The summed E-state index contributed by atoms with van der Waals surface area (Å²) >= 11 is 0. The van der Waals surface area contributed by atoms with Gasteiger partial charge < -0.3 is 10.1 Å². The van der Waals surface area contributed by atoms with Crippen LogP contribution in [0.2, 0.25) is 0 Å². The molecule has 0 fully saturated rings. The van der Waals surface area contributed by atoms with Gasteiger partial charge in [0.15, 0.2) is 6.29 Å². The number of hydrogen-bond acceptors (Lipinski definition) is 4. The quantitative estimate of drug-likeness (QED) is 0.440. The van der Waals surface area contributed by atoms with Crippen LogP contribution in [0.3, 0.4) is 0 Å². The van der Waals surface area contributed by atoms with Crippen molar-refractivity contribution in [2.75, 3.05) is 0 Å². The maximum absolute atomic E-state index is 12.3. The molecular weight excluding hydrogens is 210 g/mol. The van der Waals surface area contributed by atoms with E-state index in [1.165, 1.54) is 6.92 Å². The van der Waals surface area contributed by atoms with Gasteiger partial charge in [0.25, 0.3) is 0 Å². The molecule has 7 heteroatoms. The van der Waals surface area contributed by atoms with Gasteiger partial charge >= 0.3 is 12.2 Å². The predicted octanol–water partition coefficient (Wildman–Crippen LogP) is 2.05. The van der Waals surface area contributed by atoms with E-state index in [4.69, 9.17) is 0 Å². The van der Waals surface area contributed by atoms with Crippen molar-refractivity contribution in [2.45, 2.75) is 13.3 Å². The molecule has 0 atom stereocenters. The molecule has 0 bridgehead atoms. The molecule has 5 nitrogen and oxygen atoms in total. The third-order valence-corrected chi connectivity index (χ3v) is 1.77. The topological polar surface area (TPSA) is 73.1 Å². The lowest BCUT2D eigenvalue weighted by Gasteiger charge is -2.01. The number of carbonyl (C=O) groups is 1. The highest BCUT2D eigenvalue weighted by atomic mass is 19.3. The number of halogens is 2. The summed E-state index contributed by atoms with van der Waals surface area (Å²) in [5, 5.41) is 10.4. The number of nitrogens with zero attached hydrogens (tertiary/aromatic N) is 2. The minimum absolute atomic E-state index is 0.0534. The lowest BCUT2D eigenvalue weighted by atomic mass is 10.1. The van der Waals surface area contributed by atoms with Crippen molar-refractivity contribution in [3.63, 3.8) is 0 Å². The molecule has 1 aromatic heterocycles. The van der Waals surface area contributed by atoms with E-state index in [-0.39, 0.29) is 17.4 Å². The van der Waals surface area contributed by atoms with E-state index in [0.717, 1.165) is 6.07 Å². The average Bonchev–Trinajstić information content (AvgIpc) is 2.16. The van der Waals surface area contributed by atoms with E-state index in [9.17, 15) is 23.7 Å². The van der Waals surface area contributed by atoms with Crippen molar-refractivity contribution in [3.8, 4) is 0 Å². The van der Waals surface area contributed by atoms with E-state index in [0.29, 0.717) is 0 Å². The molecule has 0 N–H and O–H groups in total.